The molecule has 0 spiro atoms. The van der Waals surface area contributed by atoms with Crippen LogP contribution in [0.15, 0.2) is 30.5 Å². The molecule has 1 fully saturated rings. The third-order valence-electron chi connectivity index (χ3n) is 5.47. The number of piperidine rings is 1. The number of imidazole rings is 1. The number of rotatable bonds is 3. The normalized spacial score (nSPS) is 19.0. The summed E-state index contributed by atoms with van der Waals surface area (Å²) in [6, 6.07) is 5.55. The lowest BCUT2D eigenvalue weighted by molar-refractivity contribution is -0.137. The predicted molar refractivity (Wildman–Crippen MR) is 93.0 cm³/mol. The Labute approximate surface area is 155 Å². The molecule has 0 unspecified atom stereocenters. The molecule has 3 heterocycles. The maximum absolute atomic E-state index is 12.7. The Morgan fingerprint density at radius 1 is 1.15 bits per heavy atom. The van der Waals surface area contributed by atoms with Gasteiger partial charge >= 0.3 is 12.2 Å². The van der Waals surface area contributed by atoms with Crippen LogP contribution in [-0.4, -0.2) is 44.5 Å². The van der Waals surface area contributed by atoms with E-state index >= 15 is 0 Å². The molecule has 0 aliphatic carbocycles. The number of likely N-dealkylation sites (tertiary alicyclic amines) is 1. The molecule has 0 atom stereocenters. The van der Waals surface area contributed by atoms with Crippen LogP contribution in [0, 0.1) is 6.92 Å². The van der Waals surface area contributed by atoms with Crippen LogP contribution in [0.3, 0.4) is 0 Å². The van der Waals surface area contributed by atoms with Crippen molar-refractivity contribution in [3.63, 3.8) is 0 Å². The van der Waals surface area contributed by atoms with Crippen molar-refractivity contribution in [2.45, 2.75) is 45.1 Å². The molecule has 0 radical (unpaired) electrons. The topological polar surface area (TPSA) is 41.4 Å². The monoisotopic (exact) mass is 378 g/mol. The predicted octanol–water partition coefficient (Wildman–Crippen LogP) is 3.66. The van der Waals surface area contributed by atoms with Crippen molar-refractivity contribution in [3.8, 4) is 0 Å². The molecular weight excluding hydrogens is 357 g/mol. The first-order valence-corrected chi connectivity index (χ1v) is 9.05. The van der Waals surface area contributed by atoms with Gasteiger partial charge in [0.2, 0.25) is 0 Å². The number of fused-ring (bicyclic) bond motifs is 1. The van der Waals surface area contributed by atoms with Crippen molar-refractivity contribution >= 4 is 6.03 Å². The van der Waals surface area contributed by atoms with E-state index in [2.05, 4.69) is 9.88 Å². The zero-order valence-corrected chi connectivity index (χ0v) is 15.0. The molecule has 2 aliphatic rings. The number of hydrogen-bond donors (Lipinski definition) is 0. The number of hydrogen-bond acceptors (Lipinski definition) is 3. The lowest BCUT2D eigenvalue weighted by Gasteiger charge is -2.36. The summed E-state index contributed by atoms with van der Waals surface area (Å²) in [5.41, 5.74) is 1.19. The van der Waals surface area contributed by atoms with Gasteiger partial charge in [0.05, 0.1) is 24.0 Å². The zero-order chi connectivity index (χ0) is 19.2. The van der Waals surface area contributed by atoms with Crippen LogP contribution in [-0.2, 0) is 19.3 Å². The van der Waals surface area contributed by atoms with Gasteiger partial charge in [0, 0.05) is 25.7 Å². The fourth-order valence-corrected chi connectivity index (χ4v) is 3.97. The van der Waals surface area contributed by atoms with E-state index in [4.69, 9.17) is 0 Å². The molecule has 0 saturated carbocycles. The van der Waals surface area contributed by atoms with Gasteiger partial charge in [0.1, 0.15) is 5.82 Å². The molecular formula is C19H21F3N4O. The molecule has 5 nitrogen and oxygen atoms in total. The van der Waals surface area contributed by atoms with Crippen LogP contribution in [0.2, 0.25) is 0 Å². The van der Waals surface area contributed by atoms with Gasteiger partial charge in [-0.3, -0.25) is 9.47 Å². The number of carbonyl (C=O) groups excluding carboxylic acids is 1. The Bertz CT molecular complexity index is 836. The summed E-state index contributed by atoms with van der Waals surface area (Å²) in [4.78, 5) is 20.9. The van der Waals surface area contributed by atoms with Crippen molar-refractivity contribution in [2.24, 2.45) is 0 Å². The minimum Gasteiger partial charge on any atom is -0.315 e. The van der Waals surface area contributed by atoms with E-state index in [-0.39, 0.29) is 12.1 Å². The van der Waals surface area contributed by atoms with Crippen molar-refractivity contribution in [1.82, 2.24) is 19.4 Å². The highest BCUT2D eigenvalue weighted by Gasteiger charge is 2.35. The van der Waals surface area contributed by atoms with Gasteiger partial charge in [-0.25, -0.2) is 9.78 Å². The molecule has 2 aliphatic heterocycles. The highest BCUT2D eigenvalue weighted by molar-refractivity contribution is 5.81. The number of carbonyl (C=O) groups is 1. The molecule has 1 aromatic carbocycles. The summed E-state index contributed by atoms with van der Waals surface area (Å²) in [6.45, 7) is 4.70. The Hall–Kier alpha value is -2.35. The van der Waals surface area contributed by atoms with Crippen LogP contribution < -0.4 is 0 Å². The quantitative estimate of drug-likeness (QED) is 0.819. The number of aryl methyl sites for hydroxylation is 1. The molecule has 144 valence electrons. The first-order valence-electron chi connectivity index (χ1n) is 9.05. The maximum atomic E-state index is 12.7. The van der Waals surface area contributed by atoms with Crippen LogP contribution in [0.1, 0.15) is 35.5 Å². The van der Waals surface area contributed by atoms with Crippen molar-refractivity contribution in [2.75, 3.05) is 13.1 Å². The molecule has 27 heavy (non-hydrogen) atoms. The average molecular weight is 378 g/mol. The Morgan fingerprint density at radius 2 is 1.81 bits per heavy atom. The number of aromatic nitrogens is 2. The van der Waals surface area contributed by atoms with Gasteiger partial charge in [-0.2, -0.15) is 13.2 Å². The summed E-state index contributed by atoms with van der Waals surface area (Å²) < 4.78 is 39.6. The number of alkyl halides is 3. The van der Waals surface area contributed by atoms with Crippen LogP contribution >= 0.6 is 0 Å². The van der Waals surface area contributed by atoms with Crippen LogP contribution in [0.25, 0.3) is 0 Å². The maximum Gasteiger partial charge on any atom is 0.416 e. The standard InChI is InChI=1S/C19H21F3N4O/c1-13-23-10-17-12-25(18(27)26(13)17)16-6-8-24(9-7-16)11-14-2-4-15(5-3-14)19(20,21)22/h2-5,10,16H,6-9,11-12H2,1H3. The first-order chi connectivity index (χ1) is 12.8. The van der Waals surface area contributed by atoms with E-state index < -0.39 is 11.7 Å². The molecule has 1 aromatic heterocycles. The Morgan fingerprint density at radius 3 is 2.41 bits per heavy atom. The van der Waals surface area contributed by atoms with E-state index in [1.165, 1.54) is 0 Å². The second kappa shape index (κ2) is 6.67. The zero-order valence-electron chi connectivity index (χ0n) is 15.0. The number of nitrogens with zero attached hydrogens (tertiary/aromatic N) is 4. The highest BCUT2D eigenvalue weighted by Crippen LogP contribution is 2.30. The van der Waals surface area contributed by atoms with Gasteiger partial charge in [0.25, 0.3) is 0 Å². The van der Waals surface area contributed by atoms with E-state index in [0.717, 1.165) is 55.1 Å². The minimum atomic E-state index is -4.30. The Balaban J connectivity index is 1.33. The third kappa shape index (κ3) is 3.45. The molecule has 1 amide bonds. The molecule has 4 rings (SSSR count). The van der Waals surface area contributed by atoms with Gasteiger partial charge in [-0.1, -0.05) is 12.1 Å². The molecule has 8 heteroatoms. The minimum absolute atomic E-state index is 0.00110. The fourth-order valence-electron chi connectivity index (χ4n) is 3.97. The molecule has 2 aromatic rings. The summed E-state index contributed by atoms with van der Waals surface area (Å²) in [7, 11) is 0. The molecule has 0 N–H and O–H groups in total. The van der Waals surface area contributed by atoms with Gasteiger partial charge < -0.3 is 4.90 Å². The number of benzene rings is 1. The van der Waals surface area contributed by atoms with E-state index in [0.29, 0.717) is 13.1 Å². The SMILES string of the molecule is Cc1ncc2n1C(=O)N(C1CCN(Cc3ccc(C(F)(F)F)cc3)CC1)C2. The number of halogens is 3. The summed E-state index contributed by atoms with van der Waals surface area (Å²) in [5, 5.41) is 0. The molecule has 0 bridgehead atoms. The average Bonchev–Trinajstić information content (AvgIpc) is 3.16. The van der Waals surface area contributed by atoms with Crippen molar-refractivity contribution in [3.05, 3.63) is 53.1 Å². The smallest absolute Gasteiger partial charge is 0.315 e. The van der Waals surface area contributed by atoms with E-state index in [9.17, 15) is 18.0 Å². The summed E-state index contributed by atoms with van der Waals surface area (Å²) >= 11 is 0. The largest absolute Gasteiger partial charge is 0.416 e. The second-order valence-corrected chi connectivity index (χ2v) is 7.24. The van der Waals surface area contributed by atoms with Crippen molar-refractivity contribution in [1.29, 1.82) is 0 Å². The number of amides is 1. The molecule has 1 saturated heterocycles. The summed E-state index contributed by atoms with van der Waals surface area (Å²) in [6.07, 6.45) is -0.813. The van der Waals surface area contributed by atoms with Crippen LogP contribution in [0.5, 0.6) is 0 Å². The van der Waals surface area contributed by atoms with Crippen LogP contribution in [0.4, 0.5) is 18.0 Å². The summed E-state index contributed by atoms with van der Waals surface area (Å²) in [5.74, 6) is 0.720. The fraction of sp³-hybridized carbons (Fsp3) is 0.474. The highest BCUT2D eigenvalue weighted by atomic mass is 19.4. The van der Waals surface area contributed by atoms with Gasteiger partial charge in [-0.15, -0.1) is 0 Å². The van der Waals surface area contributed by atoms with Gasteiger partial charge in [-0.05, 0) is 37.5 Å². The lowest BCUT2D eigenvalue weighted by atomic mass is 10.0. The van der Waals surface area contributed by atoms with Gasteiger partial charge in [0.15, 0.2) is 0 Å². The first kappa shape index (κ1) is 18.0. The second-order valence-electron chi connectivity index (χ2n) is 7.24. The Kier molecular flexibility index (Phi) is 4.46. The van der Waals surface area contributed by atoms with E-state index in [1.54, 1.807) is 22.9 Å². The van der Waals surface area contributed by atoms with Crippen molar-refractivity contribution < 1.29 is 18.0 Å². The van der Waals surface area contributed by atoms with E-state index in [1.807, 2.05) is 11.8 Å². The lowest BCUT2D eigenvalue weighted by Crippen LogP contribution is -2.45. The third-order valence-corrected chi connectivity index (χ3v) is 5.47.